The summed E-state index contributed by atoms with van der Waals surface area (Å²) in [7, 11) is 0. The minimum absolute atomic E-state index is 0.112. The lowest BCUT2D eigenvalue weighted by molar-refractivity contribution is -0.134. The van der Waals surface area contributed by atoms with Gasteiger partial charge in [0.1, 0.15) is 11.9 Å². The van der Waals surface area contributed by atoms with Crippen molar-refractivity contribution in [3.63, 3.8) is 0 Å². The SMILES string of the molecule is O=C1CCC(NC(=O)c2ccc(N3CCNCC3)cc2F)C(=O)N1. The van der Waals surface area contributed by atoms with E-state index in [1.54, 1.807) is 6.07 Å². The fourth-order valence-electron chi connectivity index (χ4n) is 2.88. The van der Waals surface area contributed by atoms with Crippen molar-refractivity contribution in [3.05, 3.63) is 29.6 Å². The highest BCUT2D eigenvalue weighted by molar-refractivity contribution is 6.03. The largest absolute Gasteiger partial charge is 0.369 e. The topological polar surface area (TPSA) is 90.5 Å². The Morgan fingerprint density at radius 1 is 1.25 bits per heavy atom. The molecule has 7 nitrogen and oxygen atoms in total. The standard InChI is InChI=1S/C16H19FN4O3/c17-12-9-10(21-7-5-18-6-8-21)1-2-11(12)15(23)19-13-3-4-14(22)20-16(13)24/h1-2,9,13,18H,3-8H2,(H,19,23)(H,20,22,24). The maximum Gasteiger partial charge on any atom is 0.254 e. The van der Waals surface area contributed by atoms with Crippen molar-refractivity contribution in [2.45, 2.75) is 18.9 Å². The summed E-state index contributed by atoms with van der Waals surface area (Å²) >= 11 is 0. The van der Waals surface area contributed by atoms with Gasteiger partial charge in [0, 0.05) is 38.3 Å². The molecule has 1 aromatic rings. The highest BCUT2D eigenvalue weighted by atomic mass is 19.1. The van der Waals surface area contributed by atoms with Gasteiger partial charge in [-0.05, 0) is 24.6 Å². The molecule has 0 saturated carbocycles. The Morgan fingerprint density at radius 2 is 2.00 bits per heavy atom. The van der Waals surface area contributed by atoms with Crippen LogP contribution >= 0.6 is 0 Å². The number of carbonyl (C=O) groups excluding carboxylic acids is 3. The molecule has 3 rings (SSSR count). The number of nitrogens with zero attached hydrogens (tertiary/aromatic N) is 1. The molecule has 128 valence electrons. The van der Waals surface area contributed by atoms with Crippen LogP contribution in [0.2, 0.25) is 0 Å². The van der Waals surface area contributed by atoms with Crippen LogP contribution in [-0.2, 0) is 9.59 Å². The summed E-state index contributed by atoms with van der Waals surface area (Å²) in [6, 6.07) is 3.65. The van der Waals surface area contributed by atoms with Gasteiger partial charge in [0.15, 0.2) is 0 Å². The second-order valence-electron chi connectivity index (χ2n) is 5.88. The molecule has 2 fully saturated rings. The number of piperidine rings is 1. The van der Waals surface area contributed by atoms with Crippen LogP contribution in [0.1, 0.15) is 23.2 Å². The third kappa shape index (κ3) is 3.53. The Bertz CT molecular complexity index is 673. The molecular weight excluding hydrogens is 315 g/mol. The van der Waals surface area contributed by atoms with E-state index >= 15 is 0 Å². The average molecular weight is 334 g/mol. The highest BCUT2D eigenvalue weighted by Crippen LogP contribution is 2.19. The molecule has 1 atom stereocenters. The van der Waals surface area contributed by atoms with Crippen LogP contribution < -0.4 is 20.9 Å². The van der Waals surface area contributed by atoms with Gasteiger partial charge < -0.3 is 15.5 Å². The molecule has 8 heteroatoms. The lowest BCUT2D eigenvalue weighted by atomic mass is 10.1. The van der Waals surface area contributed by atoms with E-state index in [-0.39, 0.29) is 24.3 Å². The summed E-state index contributed by atoms with van der Waals surface area (Å²) in [6.45, 7) is 3.22. The molecular formula is C16H19FN4O3. The van der Waals surface area contributed by atoms with Crippen molar-refractivity contribution < 1.29 is 18.8 Å². The Balaban J connectivity index is 1.68. The van der Waals surface area contributed by atoms with Crippen LogP contribution in [0.4, 0.5) is 10.1 Å². The molecule has 0 spiro atoms. The molecule has 0 bridgehead atoms. The summed E-state index contributed by atoms with van der Waals surface area (Å²) in [6.07, 6.45) is 0.373. The van der Waals surface area contributed by atoms with Crippen LogP contribution in [0.15, 0.2) is 18.2 Å². The third-order valence-corrected chi connectivity index (χ3v) is 4.22. The van der Waals surface area contributed by atoms with Crippen LogP contribution in [-0.4, -0.2) is 49.9 Å². The molecule has 24 heavy (non-hydrogen) atoms. The van der Waals surface area contributed by atoms with Crippen molar-refractivity contribution in [1.29, 1.82) is 0 Å². The molecule has 2 saturated heterocycles. The van der Waals surface area contributed by atoms with Gasteiger partial charge in [-0.2, -0.15) is 0 Å². The van der Waals surface area contributed by atoms with E-state index in [0.29, 0.717) is 0 Å². The van der Waals surface area contributed by atoms with Gasteiger partial charge in [-0.3, -0.25) is 19.7 Å². The number of carbonyl (C=O) groups is 3. The second-order valence-corrected chi connectivity index (χ2v) is 5.88. The number of halogens is 1. The molecule has 2 heterocycles. The maximum atomic E-state index is 14.3. The fourth-order valence-corrected chi connectivity index (χ4v) is 2.88. The normalized spacial score (nSPS) is 21.4. The maximum absolute atomic E-state index is 14.3. The quantitative estimate of drug-likeness (QED) is 0.665. The summed E-state index contributed by atoms with van der Waals surface area (Å²) < 4.78 is 14.3. The first-order valence-corrected chi connectivity index (χ1v) is 7.94. The first kappa shape index (κ1) is 16.4. The highest BCUT2D eigenvalue weighted by Gasteiger charge is 2.28. The first-order valence-electron chi connectivity index (χ1n) is 7.94. The van der Waals surface area contributed by atoms with E-state index < -0.39 is 23.7 Å². The molecule has 2 aliphatic rings. The molecule has 2 aliphatic heterocycles. The number of anilines is 1. The van der Waals surface area contributed by atoms with E-state index in [9.17, 15) is 18.8 Å². The molecule has 1 unspecified atom stereocenters. The molecule has 3 amide bonds. The summed E-state index contributed by atoms with van der Waals surface area (Å²) in [5.74, 6) is -2.21. The third-order valence-electron chi connectivity index (χ3n) is 4.22. The zero-order valence-corrected chi connectivity index (χ0v) is 13.1. The van der Waals surface area contributed by atoms with Crippen molar-refractivity contribution in [1.82, 2.24) is 16.0 Å². The van der Waals surface area contributed by atoms with Crippen LogP contribution in [0.5, 0.6) is 0 Å². The number of rotatable bonds is 3. The Labute approximate surface area is 138 Å². The van der Waals surface area contributed by atoms with E-state index in [2.05, 4.69) is 16.0 Å². The zero-order chi connectivity index (χ0) is 17.1. The van der Waals surface area contributed by atoms with Gasteiger partial charge in [0.2, 0.25) is 11.8 Å². The number of hydrogen-bond donors (Lipinski definition) is 3. The summed E-state index contributed by atoms with van der Waals surface area (Å²) in [5, 5.41) is 7.85. The van der Waals surface area contributed by atoms with E-state index in [4.69, 9.17) is 0 Å². The predicted octanol–water partition coefficient (Wildman–Crippen LogP) is -0.230. The number of hydrogen-bond acceptors (Lipinski definition) is 5. The lowest BCUT2D eigenvalue weighted by Crippen LogP contribution is -2.52. The van der Waals surface area contributed by atoms with Crippen molar-refractivity contribution in [2.24, 2.45) is 0 Å². The van der Waals surface area contributed by atoms with Gasteiger partial charge in [0.25, 0.3) is 5.91 Å². The zero-order valence-electron chi connectivity index (χ0n) is 13.1. The van der Waals surface area contributed by atoms with Crippen molar-refractivity contribution >= 4 is 23.4 Å². The molecule has 3 N–H and O–H groups in total. The van der Waals surface area contributed by atoms with Gasteiger partial charge in [-0.15, -0.1) is 0 Å². The van der Waals surface area contributed by atoms with Crippen molar-refractivity contribution in [2.75, 3.05) is 31.1 Å². The Hall–Kier alpha value is -2.48. The minimum atomic E-state index is -0.817. The summed E-state index contributed by atoms with van der Waals surface area (Å²) in [5.41, 5.74) is 0.616. The molecule has 0 aliphatic carbocycles. The van der Waals surface area contributed by atoms with Crippen LogP contribution in [0.25, 0.3) is 0 Å². The smallest absolute Gasteiger partial charge is 0.254 e. The predicted molar refractivity (Wildman–Crippen MR) is 85.1 cm³/mol. The van der Waals surface area contributed by atoms with Crippen LogP contribution in [0.3, 0.4) is 0 Å². The molecule has 0 radical (unpaired) electrons. The number of amides is 3. The van der Waals surface area contributed by atoms with E-state index in [1.807, 2.05) is 4.90 Å². The van der Waals surface area contributed by atoms with Gasteiger partial charge in [-0.1, -0.05) is 0 Å². The van der Waals surface area contributed by atoms with Gasteiger partial charge >= 0.3 is 0 Å². The second kappa shape index (κ2) is 6.96. The van der Waals surface area contributed by atoms with Crippen LogP contribution in [0, 0.1) is 5.82 Å². The lowest BCUT2D eigenvalue weighted by Gasteiger charge is -2.29. The summed E-state index contributed by atoms with van der Waals surface area (Å²) in [4.78, 5) is 37.0. The Morgan fingerprint density at radius 3 is 2.67 bits per heavy atom. The van der Waals surface area contributed by atoms with E-state index in [0.717, 1.165) is 31.9 Å². The molecule has 0 aromatic heterocycles. The monoisotopic (exact) mass is 334 g/mol. The first-order chi connectivity index (χ1) is 11.5. The number of benzene rings is 1. The number of piperazine rings is 1. The van der Waals surface area contributed by atoms with E-state index in [1.165, 1.54) is 12.1 Å². The average Bonchev–Trinajstić information content (AvgIpc) is 2.58. The van der Waals surface area contributed by atoms with Crippen molar-refractivity contribution in [3.8, 4) is 0 Å². The van der Waals surface area contributed by atoms with Gasteiger partial charge in [-0.25, -0.2) is 4.39 Å². The number of imide groups is 1. The van der Waals surface area contributed by atoms with Gasteiger partial charge in [0.05, 0.1) is 5.56 Å². The fraction of sp³-hybridized carbons (Fsp3) is 0.438. The molecule has 1 aromatic carbocycles. The minimum Gasteiger partial charge on any atom is -0.369 e. The number of nitrogens with one attached hydrogen (secondary N) is 3. The Kier molecular flexibility index (Phi) is 4.75.